The largest absolute Gasteiger partial charge is 0.469 e. The summed E-state index contributed by atoms with van der Waals surface area (Å²) in [5.41, 5.74) is -0.297. The molecule has 1 aliphatic rings. The number of anilines is 1. The van der Waals surface area contributed by atoms with Gasteiger partial charge in [-0.25, -0.2) is 0 Å². The van der Waals surface area contributed by atoms with Crippen LogP contribution in [0, 0.1) is 16.0 Å². The smallest absolute Gasteiger partial charge is 0.312 e. The minimum Gasteiger partial charge on any atom is -0.469 e. The van der Waals surface area contributed by atoms with Crippen LogP contribution in [0.3, 0.4) is 0 Å². The Labute approximate surface area is 133 Å². The van der Waals surface area contributed by atoms with Gasteiger partial charge >= 0.3 is 11.7 Å². The quantitative estimate of drug-likeness (QED) is 0.459. The Bertz CT molecular complexity index is 636. The van der Waals surface area contributed by atoms with Crippen LogP contribution in [0.2, 0.25) is 5.02 Å². The summed E-state index contributed by atoms with van der Waals surface area (Å²) in [4.78, 5) is 35.3. The van der Waals surface area contributed by atoms with E-state index in [2.05, 4.69) is 20.7 Å². The summed E-state index contributed by atoms with van der Waals surface area (Å²) >= 11 is 9.03. The third kappa shape index (κ3) is 2.86. The molecule has 1 saturated heterocycles. The van der Waals surface area contributed by atoms with Crippen LogP contribution in [0.25, 0.3) is 0 Å². The molecule has 0 aromatic heterocycles. The van der Waals surface area contributed by atoms with Crippen LogP contribution in [0.1, 0.15) is 6.42 Å². The summed E-state index contributed by atoms with van der Waals surface area (Å²) in [6.45, 7) is 0.0321. The number of methoxy groups -OCH3 is 1. The molecule has 0 radical (unpaired) electrons. The molecule has 1 aliphatic heterocycles. The molecule has 112 valence electrons. The normalized spacial score (nSPS) is 18.0. The van der Waals surface area contributed by atoms with Crippen molar-refractivity contribution >= 4 is 50.8 Å². The molecule has 0 aliphatic carbocycles. The molecule has 1 amide bonds. The number of nitrogens with zero attached hydrogens (tertiary/aromatic N) is 2. The second kappa shape index (κ2) is 5.98. The second-order valence-electron chi connectivity index (χ2n) is 4.41. The minimum absolute atomic E-state index is 0.0321. The minimum atomic E-state index is -0.652. The van der Waals surface area contributed by atoms with E-state index in [1.165, 1.54) is 24.1 Å². The van der Waals surface area contributed by atoms with Gasteiger partial charge in [-0.1, -0.05) is 11.6 Å². The molecule has 1 atom stereocenters. The van der Waals surface area contributed by atoms with Crippen LogP contribution in [0.4, 0.5) is 11.4 Å². The summed E-state index contributed by atoms with van der Waals surface area (Å²) in [5.74, 6) is -1.53. The van der Waals surface area contributed by atoms with Crippen molar-refractivity contribution in [1.29, 1.82) is 0 Å². The summed E-state index contributed by atoms with van der Waals surface area (Å²) in [5, 5.41) is 11.1. The van der Waals surface area contributed by atoms with Crippen LogP contribution >= 0.6 is 27.5 Å². The van der Waals surface area contributed by atoms with Crippen molar-refractivity contribution < 1.29 is 19.2 Å². The Kier molecular flexibility index (Phi) is 4.48. The maximum Gasteiger partial charge on any atom is 0.312 e. The fourth-order valence-electron chi connectivity index (χ4n) is 2.19. The van der Waals surface area contributed by atoms with E-state index in [0.717, 1.165) is 0 Å². The lowest BCUT2D eigenvalue weighted by molar-refractivity contribution is -0.384. The van der Waals surface area contributed by atoms with E-state index < -0.39 is 16.8 Å². The first-order valence-corrected chi connectivity index (χ1v) is 7.04. The van der Waals surface area contributed by atoms with Crippen LogP contribution in [-0.4, -0.2) is 30.5 Å². The van der Waals surface area contributed by atoms with Crippen molar-refractivity contribution in [2.75, 3.05) is 18.6 Å². The van der Waals surface area contributed by atoms with Gasteiger partial charge in [-0.15, -0.1) is 0 Å². The molecule has 7 nitrogen and oxygen atoms in total. The van der Waals surface area contributed by atoms with Crippen LogP contribution in [-0.2, 0) is 14.3 Å². The highest BCUT2D eigenvalue weighted by molar-refractivity contribution is 9.10. The highest BCUT2D eigenvalue weighted by Crippen LogP contribution is 2.41. The molecular weight excluding hydrogens is 367 g/mol. The van der Waals surface area contributed by atoms with Gasteiger partial charge in [0.15, 0.2) is 0 Å². The number of nitro groups is 1. The van der Waals surface area contributed by atoms with Gasteiger partial charge in [0.1, 0.15) is 10.7 Å². The van der Waals surface area contributed by atoms with Crippen molar-refractivity contribution in [3.8, 4) is 0 Å². The number of halogens is 2. The Morgan fingerprint density at radius 2 is 2.24 bits per heavy atom. The molecule has 0 bridgehead atoms. The number of carbonyl (C=O) groups is 2. The zero-order valence-electron chi connectivity index (χ0n) is 10.8. The molecule has 1 aromatic carbocycles. The number of esters is 1. The topological polar surface area (TPSA) is 89.8 Å². The maximum absolute atomic E-state index is 12.0. The highest BCUT2D eigenvalue weighted by Gasteiger charge is 2.39. The van der Waals surface area contributed by atoms with E-state index in [1.807, 2.05) is 0 Å². The Morgan fingerprint density at radius 1 is 1.57 bits per heavy atom. The van der Waals surface area contributed by atoms with Crippen molar-refractivity contribution in [2.45, 2.75) is 6.42 Å². The van der Waals surface area contributed by atoms with Crippen molar-refractivity contribution in [1.82, 2.24) is 0 Å². The fourth-order valence-corrected chi connectivity index (χ4v) is 2.73. The SMILES string of the molecule is COC(=O)C1CC(=O)N(c2ccc(Br)c(Cl)c2[N+](=O)[O-])C1. The van der Waals surface area contributed by atoms with Crippen LogP contribution in [0.15, 0.2) is 16.6 Å². The number of hydrogen-bond acceptors (Lipinski definition) is 5. The van der Waals surface area contributed by atoms with Gasteiger partial charge in [0.05, 0.1) is 18.0 Å². The Balaban J connectivity index is 2.43. The van der Waals surface area contributed by atoms with Gasteiger partial charge in [0.2, 0.25) is 5.91 Å². The summed E-state index contributed by atoms with van der Waals surface area (Å²) in [6, 6.07) is 2.94. The predicted molar refractivity (Wildman–Crippen MR) is 78.3 cm³/mol. The lowest BCUT2D eigenvalue weighted by atomic mass is 10.1. The second-order valence-corrected chi connectivity index (χ2v) is 5.65. The number of rotatable bonds is 3. The molecule has 2 rings (SSSR count). The van der Waals surface area contributed by atoms with E-state index >= 15 is 0 Å². The number of ether oxygens (including phenoxy) is 1. The predicted octanol–water partition coefficient (Wildman–Crippen LogP) is 2.54. The van der Waals surface area contributed by atoms with Gasteiger partial charge in [0, 0.05) is 17.4 Å². The van der Waals surface area contributed by atoms with Gasteiger partial charge in [0.25, 0.3) is 0 Å². The molecule has 0 spiro atoms. The highest BCUT2D eigenvalue weighted by atomic mass is 79.9. The number of benzene rings is 1. The van der Waals surface area contributed by atoms with Gasteiger partial charge in [-0.2, -0.15) is 0 Å². The van der Waals surface area contributed by atoms with Crippen molar-refractivity contribution in [2.24, 2.45) is 5.92 Å². The maximum atomic E-state index is 12.0. The lowest BCUT2D eigenvalue weighted by Crippen LogP contribution is -2.27. The first-order valence-electron chi connectivity index (χ1n) is 5.87. The first kappa shape index (κ1) is 15.7. The van der Waals surface area contributed by atoms with E-state index in [9.17, 15) is 19.7 Å². The molecule has 0 N–H and O–H groups in total. The first-order chi connectivity index (χ1) is 9.86. The summed E-state index contributed by atoms with van der Waals surface area (Å²) in [6.07, 6.45) is -0.0441. The van der Waals surface area contributed by atoms with Gasteiger partial charge in [-0.3, -0.25) is 19.7 Å². The number of carbonyl (C=O) groups excluding carboxylic acids is 2. The van der Waals surface area contributed by atoms with Crippen molar-refractivity contribution in [3.05, 3.63) is 31.7 Å². The average Bonchev–Trinajstić information content (AvgIpc) is 2.82. The molecule has 1 fully saturated rings. The fraction of sp³-hybridized carbons (Fsp3) is 0.333. The third-order valence-electron chi connectivity index (χ3n) is 3.18. The van der Waals surface area contributed by atoms with Gasteiger partial charge in [-0.05, 0) is 28.1 Å². The number of amides is 1. The summed E-state index contributed by atoms with van der Waals surface area (Å²) in [7, 11) is 1.23. The molecule has 0 saturated carbocycles. The molecule has 21 heavy (non-hydrogen) atoms. The lowest BCUT2D eigenvalue weighted by Gasteiger charge is -2.17. The van der Waals surface area contributed by atoms with E-state index in [1.54, 1.807) is 0 Å². The van der Waals surface area contributed by atoms with Crippen LogP contribution in [0.5, 0.6) is 0 Å². The zero-order chi connectivity index (χ0) is 15.7. The van der Waals surface area contributed by atoms with E-state index in [4.69, 9.17) is 11.6 Å². The standard InChI is InChI=1S/C12H10BrClN2O5/c1-21-12(18)6-4-9(17)15(5-6)8-3-2-7(13)10(14)11(8)16(19)20/h2-3,6H,4-5H2,1H3. The zero-order valence-corrected chi connectivity index (χ0v) is 13.2. The molecule has 1 unspecified atom stereocenters. The van der Waals surface area contributed by atoms with Crippen molar-refractivity contribution in [3.63, 3.8) is 0 Å². The number of hydrogen-bond donors (Lipinski definition) is 0. The Morgan fingerprint density at radius 3 is 2.81 bits per heavy atom. The third-order valence-corrected chi connectivity index (χ3v) is 4.45. The number of nitro benzene ring substituents is 1. The monoisotopic (exact) mass is 376 g/mol. The van der Waals surface area contributed by atoms with Crippen LogP contribution < -0.4 is 4.90 Å². The molecule has 1 aromatic rings. The van der Waals surface area contributed by atoms with E-state index in [-0.39, 0.29) is 35.3 Å². The molecular formula is C12H10BrClN2O5. The molecule has 1 heterocycles. The van der Waals surface area contributed by atoms with Gasteiger partial charge < -0.3 is 9.64 Å². The van der Waals surface area contributed by atoms with E-state index in [0.29, 0.717) is 4.47 Å². The average molecular weight is 378 g/mol. The molecule has 9 heteroatoms. The summed E-state index contributed by atoms with van der Waals surface area (Å²) < 4.78 is 4.96. The Hall–Kier alpha value is -1.67.